The predicted molar refractivity (Wildman–Crippen MR) is 113 cm³/mol. The Bertz CT molecular complexity index is 877. The Morgan fingerprint density at radius 1 is 1.14 bits per heavy atom. The molecule has 4 rings (SSSR count). The number of hydrogen-bond acceptors (Lipinski definition) is 7. The van der Waals surface area contributed by atoms with Crippen molar-refractivity contribution in [3.05, 3.63) is 52.2 Å². The molecule has 0 atom stereocenters. The molecule has 1 amide bonds. The molecule has 1 aliphatic rings. The molecule has 0 bridgehead atoms. The Balaban J connectivity index is 1.49. The van der Waals surface area contributed by atoms with Crippen molar-refractivity contribution in [2.75, 3.05) is 44.3 Å². The molecule has 6 nitrogen and oxygen atoms in total. The van der Waals surface area contributed by atoms with Crippen LogP contribution < -0.4 is 4.90 Å². The summed E-state index contributed by atoms with van der Waals surface area (Å²) in [6.45, 7) is 5.09. The molecule has 8 heteroatoms. The van der Waals surface area contributed by atoms with Gasteiger partial charge in [-0.25, -0.2) is 4.98 Å². The van der Waals surface area contributed by atoms with Crippen LogP contribution >= 0.6 is 22.7 Å². The molecule has 146 valence electrons. The molecule has 1 fully saturated rings. The molecule has 0 saturated carbocycles. The minimum Gasteiger partial charge on any atom is -0.379 e. The zero-order valence-corrected chi connectivity index (χ0v) is 17.1. The molecule has 1 saturated heterocycles. The number of amides is 1. The summed E-state index contributed by atoms with van der Waals surface area (Å²) >= 11 is 2.95. The maximum Gasteiger partial charge on any atom is 0.270 e. The highest BCUT2D eigenvalue weighted by Crippen LogP contribution is 2.28. The van der Waals surface area contributed by atoms with Crippen molar-refractivity contribution in [1.29, 1.82) is 0 Å². The number of nitrogens with zero attached hydrogens (tertiary/aromatic N) is 4. The molecule has 0 aliphatic carbocycles. The summed E-state index contributed by atoms with van der Waals surface area (Å²) < 4.78 is 5.41. The van der Waals surface area contributed by atoms with E-state index in [4.69, 9.17) is 9.72 Å². The number of morpholine rings is 1. The van der Waals surface area contributed by atoms with Gasteiger partial charge < -0.3 is 4.74 Å². The number of hydrogen-bond donors (Lipinski definition) is 0. The van der Waals surface area contributed by atoms with Gasteiger partial charge in [-0.15, -0.1) is 22.7 Å². The lowest BCUT2D eigenvalue weighted by Gasteiger charge is -2.27. The Hall–Kier alpha value is -2.13. The minimum atomic E-state index is 0.0129. The van der Waals surface area contributed by atoms with Crippen molar-refractivity contribution < 1.29 is 9.53 Å². The van der Waals surface area contributed by atoms with Gasteiger partial charge in [0, 0.05) is 37.8 Å². The largest absolute Gasteiger partial charge is 0.379 e. The second kappa shape index (κ2) is 9.38. The molecule has 4 heterocycles. The Morgan fingerprint density at radius 2 is 2.04 bits per heavy atom. The van der Waals surface area contributed by atoms with Crippen molar-refractivity contribution in [3.8, 4) is 11.4 Å². The maximum atomic E-state index is 13.1. The molecule has 3 aromatic heterocycles. The van der Waals surface area contributed by atoms with E-state index in [-0.39, 0.29) is 5.91 Å². The van der Waals surface area contributed by atoms with E-state index >= 15 is 0 Å². The van der Waals surface area contributed by atoms with Gasteiger partial charge in [0.15, 0.2) is 5.13 Å². The summed E-state index contributed by atoms with van der Waals surface area (Å²) in [6, 6.07) is 9.54. The molecule has 0 aromatic carbocycles. The summed E-state index contributed by atoms with van der Waals surface area (Å²) in [5.74, 6) is 0.0129. The SMILES string of the molecule is O=C(c1cccs1)N(CCCN1CCOCC1)c1nc(-c2ccccn2)cs1. The summed E-state index contributed by atoms with van der Waals surface area (Å²) in [5.41, 5.74) is 1.62. The lowest BCUT2D eigenvalue weighted by atomic mass is 10.3. The number of thiophene rings is 1. The van der Waals surface area contributed by atoms with E-state index in [1.165, 1.54) is 22.7 Å². The van der Waals surface area contributed by atoms with Crippen LogP contribution in [0.3, 0.4) is 0 Å². The molecule has 1 aliphatic heterocycles. The minimum absolute atomic E-state index is 0.0129. The Morgan fingerprint density at radius 3 is 2.79 bits per heavy atom. The van der Waals surface area contributed by atoms with Gasteiger partial charge in [-0.1, -0.05) is 12.1 Å². The first-order valence-electron chi connectivity index (χ1n) is 9.33. The molecule has 0 N–H and O–H groups in total. The van der Waals surface area contributed by atoms with Crippen molar-refractivity contribution in [1.82, 2.24) is 14.9 Å². The number of pyridine rings is 1. The summed E-state index contributed by atoms with van der Waals surface area (Å²) in [6.07, 6.45) is 2.65. The third kappa shape index (κ3) is 4.64. The monoisotopic (exact) mass is 414 g/mol. The first-order valence-corrected chi connectivity index (χ1v) is 11.1. The van der Waals surface area contributed by atoms with Crippen LogP contribution in [0, 0.1) is 0 Å². The smallest absolute Gasteiger partial charge is 0.270 e. The molecule has 0 radical (unpaired) electrons. The summed E-state index contributed by atoms with van der Waals surface area (Å²) in [5, 5.41) is 4.62. The normalized spacial score (nSPS) is 14.9. The maximum absolute atomic E-state index is 13.1. The molecule has 28 heavy (non-hydrogen) atoms. The second-order valence-corrected chi connectivity index (χ2v) is 8.26. The Labute approximate surface area is 172 Å². The van der Waals surface area contributed by atoms with E-state index in [1.807, 2.05) is 46.0 Å². The van der Waals surface area contributed by atoms with E-state index in [1.54, 1.807) is 6.20 Å². The van der Waals surface area contributed by atoms with Crippen molar-refractivity contribution >= 4 is 33.7 Å². The Kier molecular flexibility index (Phi) is 6.43. The quantitative estimate of drug-likeness (QED) is 0.591. The zero-order chi connectivity index (χ0) is 19.2. The molecular weight excluding hydrogens is 392 g/mol. The fourth-order valence-electron chi connectivity index (χ4n) is 3.11. The van der Waals surface area contributed by atoms with Crippen LogP contribution in [0.1, 0.15) is 16.1 Å². The van der Waals surface area contributed by atoms with E-state index in [9.17, 15) is 4.79 Å². The predicted octanol–water partition coefficient (Wildman–Crippen LogP) is 3.64. The number of carbonyl (C=O) groups is 1. The fraction of sp³-hybridized carbons (Fsp3) is 0.350. The van der Waals surface area contributed by atoms with Crippen molar-refractivity contribution in [3.63, 3.8) is 0 Å². The van der Waals surface area contributed by atoms with Crippen molar-refractivity contribution in [2.45, 2.75) is 6.42 Å². The molecule has 0 spiro atoms. The van der Waals surface area contributed by atoms with Crippen LogP contribution in [0.2, 0.25) is 0 Å². The van der Waals surface area contributed by atoms with Crippen LogP contribution in [0.5, 0.6) is 0 Å². The lowest BCUT2D eigenvalue weighted by molar-refractivity contribution is 0.0376. The highest BCUT2D eigenvalue weighted by atomic mass is 32.1. The van der Waals surface area contributed by atoms with E-state index in [0.29, 0.717) is 6.54 Å². The number of anilines is 1. The van der Waals surface area contributed by atoms with Gasteiger partial charge >= 0.3 is 0 Å². The first kappa shape index (κ1) is 19.2. The standard InChI is InChI=1S/C20H22N4O2S2/c25-19(18-6-3-14-27-18)24(9-4-8-23-10-12-26-13-11-23)20-22-17(15-28-20)16-5-1-2-7-21-16/h1-3,5-7,14-15H,4,8-13H2. The zero-order valence-electron chi connectivity index (χ0n) is 15.5. The molecule has 3 aromatic rings. The number of thiazole rings is 1. The number of rotatable bonds is 7. The average molecular weight is 415 g/mol. The third-order valence-corrected chi connectivity index (χ3v) is 6.31. The highest BCUT2D eigenvalue weighted by molar-refractivity contribution is 7.14. The van der Waals surface area contributed by atoms with Crippen LogP contribution in [-0.4, -0.2) is 60.2 Å². The molecule has 0 unspecified atom stereocenters. The van der Waals surface area contributed by atoms with Crippen LogP contribution in [0.4, 0.5) is 5.13 Å². The van der Waals surface area contributed by atoms with E-state index < -0.39 is 0 Å². The van der Waals surface area contributed by atoms with Gasteiger partial charge in [-0.05, 0) is 30.0 Å². The second-order valence-electron chi connectivity index (χ2n) is 6.47. The third-order valence-electron chi connectivity index (χ3n) is 4.59. The van der Waals surface area contributed by atoms with Gasteiger partial charge in [0.05, 0.1) is 23.8 Å². The van der Waals surface area contributed by atoms with Crippen LogP contribution in [0.15, 0.2) is 47.3 Å². The van der Waals surface area contributed by atoms with Crippen LogP contribution in [0.25, 0.3) is 11.4 Å². The van der Waals surface area contributed by atoms with Gasteiger partial charge in [-0.2, -0.15) is 0 Å². The highest BCUT2D eigenvalue weighted by Gasteiger charge is 2.22. The van der Waals surface area contributed by atoms with Gasteiger partial charge in [0.25, 0.3) is 5.91 Å². The van der Waals surface area contributed by atoms with E-state index in [2.05, 4.69) is 9.88 Å². The number of carbonyl (C=O) groups excluding carboxylic acids is 1. The van der Waals surface area contributed by atoms with Gasteiger partial charge in [-0.3, -0.25) is 19.6 Å². The lowest BCUT2D eigenvalue weighted by Crippen LogP contribution is -2.39. The summed E-state index contributed by atoms with van der Waals surface area (Å²) in [7, 11) is 0. The van der Waals surface area contributed by atoms with Crippen LogP contribution in [-0.2, 0) is 4.74 Å². The molecular formula is C20H22N4O2S2. The first-order chi connectivity index (χ1) is 13.8. The van der Waals surface area contributed by atoms with E-state index in [0.717, 1.165) is 60.7 Å². The number of ether oxygens (including phenoxy) is 1. The number of aromatic nitrogens is 2. The van der Waals surface area contributed by atoms with Gasteiger partial charge in [0.2, 0.25) is 0 Å². The summed E-state index contributed by atoms with van der Waals surface area (Å²) in [4.78, 5) is 27.1. The van der Waals surface area contributed by atoms with Crippen molar-refractivity contribution in [2.24, 2.45) is 0 Å². The topological polar surface area (TPSA) is 58.6 Å². The average Bonchev–Trinajstić information content (AvgIpc) is 3.45. The van der Waals surface area contributed by atoms with Gasteiger partial charge in [0.1, 0.15) is 5.69 Å². The fourth-order valence-corrected chi connectivity index (χ4v) is 4.63.